The molecule has 0 aliphatic heterocycles. The fraction of sp³-hybridized carbons (Fsp3) is 0.0909. The summed E-state index contributed by atoms with van der Waals surface area (Å²) in [7, 11) is 0. The molecule has 0 amide bonds. The number of aryl methyl sites for hydroxylation is 1. The van der Waals surface area contributed by atoms with E-state index in [2.05, 4.69) is 21.9 Å². The molecule has 0 fully saturated rings. The lowest BCUT2D eigenvalue weighted by Crippen LogP contribution is -1.99. The van der Waals surface area contributed by atoms with E-state index in [4.69, 9.17) is 11.6 Å². The first-order valence-corrected chi connectivity index (χ1v) is 9.13. The molecule has 4 nitrogen and oxygen atoms in total. The summed E-state index contributed by atoms with van der Waals surface area (Å²) in [5.41, 5.74) is 5.39. The van der Waals surface area contributed by atoms with Gasteiger partial charge in [-0.25, -0.2) is 14.4 Å². The fourth-order valence-electron chi connectivity index (χ4n) is 3.05. The van der Waals surface area contributed by atoms with Gasteiger partial charge in [-0.05, 0) is 48.7 Å². The van der Waals surface area contributed by atoms with Crippen LogP contribution in [0.1, 0.15) is 18.1 Å². The number of halogens is 2. The van der Waals surface area contributed by atoms with Gasteiger partial charge < -0.3 is 5.32 Å². The minimum absolute atomic E-state index is 0.243. The number of anilines is 2. The van der Waals surface area contributed by atoms with Crippen LogP contribution in [0.15, 0.2) is 61.6 Å². The predicted molar refractivity (Wildman–Crippen MR) is 113 cm³/mol. The topological polar surface area (TPSA) is 42.2 Å². The SMILES string of the molecule is C=C(C)c1ccc(Nc2nccn3c(-c4ccc(C)c(F)c4)cnc23)cc1Cl. The van der Waals surface area contributed by atoms with Crippen molar-refractivity contribution in [2.75, 3.05) is 5.32 Å². The number of rotatable bonds is 4. The molecule has 0 radical (unpaired) electrons. The molecule has 2 aromatic heterocycles. The minimum Gasteiger partial charge on any atom is -0.337 e. The first-order valence-electron chi connectivity index (χ1n) is 8.75. The number of nitrogens with zero attached hydrogens (tertiary/aromatic N) is 3. The molecule has 28 heavy (non-hydrogen) atoms. The number of nitrogens with one attached hydrogen (secondary N) is 1. The third-order valence-electron chi connectivity index (χ3n) is 4.59. The molecular weight excluding hydrogens is 375 g/mol. The summed E-state index contributed by atoms with van der Waals surface area (Å²) in [5.74, 6) is 0.340. The Bertz CT molecular complexity index is 1210. The summed E-state index contributed by atoms with van der Waals surface area (Å²) >= 11 is 6.34. The van der Waals surface area contributed by atoms with Crippen LogP contribution in [0.3, 0.4) is 0 Å². The smallest absolute Gasteiger partial charge is 0.180 e. The highest BCUT2D eigenvalue weighted by atomic mass is 35.5. The number of fused-ring (bicyclic) bond motifs is 1. The van der Waals surface area contributed by atoms with E-state index < -0.39 is 0 Å². The van der Waals surface area contributed by atoms with Crippen molar-refractivity contribution < 1.29 is 4.39 Å². The van der Waals surface area contributed by atoms with Crippen molar-refractivity contribution in [3.63, 3.8) is 0 Å². The molecular formula is C22H18ClFN4. The third kappa shape index (κ3) is 3.25. The third-order valence-corrected chi connectivity index (χ3v) is 4.90. The minimum atomic E-state index is -0.243. The fourth-order valence-corrected chi connectivity index (χ4v) is 3.39. The Balaban J connectivity index is 1.73. The molecule has 2 aromatic carbocycles. The summed E-state index contributed by atoms with van der Waals surface area (Å²) < 4.78 is 15.9. The molecule has 1 N–H and O–H groups in total. The lowest BCUT2D eigenvalue weighted by molar-refractivity contribution is 0.619. The van der Waals surface area contributed by atoms with E-state index in [0.717, 1.165) is 28.1 Å². The van der Waals surface area contributed by atoms with Crippen molar-refractivity contribution in [3.05, 3.63) is 83.5 Å². The van der Waals surface area contributed by atoms with Gasteiger partial charge in [-0.3, -0.25) is 4.40 Å². The molecule has 0 spiro atoms. The van der Waals surface area contributed by atoms with Crippen LogP contribution in [0.2, 0.25) is 5.02 Å². The van der Waals surface area contributed by atoms with E-state index in [-0.39, 0.29) is 5.82 Å². The van der Waals surface area contributed by atoms with E-state index in [1.54, 1.807) is 31.6 Å². The zero-order valence-corrected chi connectivity index (χ0v) is 16.3. The summed E-state index contributed by atoms with van der Waals surface area (Å²) in [6.07, 6.45) is 5.19. The average molecular weight is 393 g/mol. The maximum Gasteiger partial charge on any atom is 0.180 e. The quantitative estimate of drug-likeness (QED) is 0.444. The van der Waals surface area contributed by atoms with Crippen molar-refractivity contribution in [1.82, 2.24) is 14.4 Å². The Kier molecular flexibility index (Phi) is 4.61. The van der Waals surface area contributed by atoms with E-state index in [0.29, 0.717) is 22.1 Å². The molecule has 4 aromatic rings. The van der Waals surface area contributed by atoms with E-state index in [1.165, 1.54) is 6.07 Å². The Morgan fingerprint density at radius 3 is 2.71 bits per heavy atom. The van der Waals surface area contributed by atoms with Gasteiger partial charge in [-0.15, -0.1) is 0 Å². The van der Waals surface area contributed by atoms with Gasteiger partial charge in [-0.1, -0.05) is 36.4 Å². The Hall–Kier alpha value is -3.18. The van der Waals surface area contributed by atoms with Crippen LogP contribution >= 0.6 is 11.6 Å². The van der Waals surface area contributed by atoms with Crippen LogP contribution in [-0.4, -0.2) is 14.4 Å². The van der Waals surface area contributed by atoms with E-state index >= 15 is 0 Å². The highest BCUT2D eigenvalue weighted by molar-refractivity contribution is 6.32. The van der Waals surface area contributed by atoms with Crippen molar-refractivity contribution in [3.8, 4) is 11.3 Å². The van der Waals surface area contributed by atoms with Crippen LogP contribution in [-0.2, 0) is 0 Å². The van der Waals surface area contributed by atoms with E-state index in [9.17, 15) is 4.39 Å². The first-order chi connectivity index (χ1) is 13.4. The Labute approximate surface area is 167 Å². The molecule has 0 unspecified atom stereocenters. The molecule has 0 aliphatic rings. The van der Waals surface area contributed by atoms with Gasteiger partial charge in [0, 0.05) is 23.6 Å². The standard InChI is InChI=1S/C22H18ClFN4/c1-13(2)17-7-6-16(11-18(17)23)27-21-22-26-12-20(28(22)9-8-25-21)15-5-4-14(3)19(24)10-15/h4-12H,1H2,2-3H3,(H,25,27). The summed E-state index contributed by atoms with van der Waals surface area (Å²) in [6.45, 7) is 7.58. The summed E-state index contributed by atoms with van der Waals surface area (Å²) in [4.78, 5) is 8.88. The number of hydrogen-bond acceptors (Lipinski definition) is 3. The van der Waals surface area contributed by atoms with Gasteiger partial charge in [-0.2, -0.15) is 0 Å². The lowest BCUT2D eigenvalue weighted by Gasteiger charge is -2.10. The molecule has 6 heteroatoms. The number of imidazole rings is 1. The van der Waals surface area contributed by atoms with Gasteiger partial charge in [0.1, 0.15) is 5.82 Å². The van der Waals surface area contributed by atoms with Crippen LogP contribution < -0.4 is 5.32 Å². The molecule has 140 valence electrons. The average Bonchev–Trinajstić information content (AvgIpc) is 3.09. The van der Waals surface area contributed by atoms with Gasteiger partial charge >= 0.3 is 0 Å². The maximum absolute atomic E-state index is 14.0. The molecule has 4 rings (SSSR count). The highest BCUT2D eigenvalue weighted by Gasteiger charge is 2.12. The molecule has 0 atom stereocenters. The second kappa shape index (κ2) is 7.09. The zero-order chi connectivity index (χ0) is 19.8. The highest BCUT2D eigenvalue weighted by Crippen LogP contribution is 2.29. The van der Waals surface area contributed by atoms with Crippen LogP contribution in [0.4, 0.5) is 15.9 Å². The van der Waals surface area contributed by atoms with Crippen molar-refractivity contribution >= 4 is 34.3 Å². The maximum atomic E-state index is 14.0. The second-order valence-electron chi connectivity index (χ2n) is 6.68. The van der Waals surface area contributed by atoms with Crippen molar-refractivity contribution in [2.24, 2.45) is 0 Å². The second-order valence-corrected chi connectivity index (χ2v) is 7.08. The van der Waals surface area contributed by atoms with Gasteiger partial charge in [0.2, 0.25) is 0 Å². The summed E-state index contributed by atoms with van der Waals surface area (Å²) in [5, 5.41) is 3.87. The van der Waals surface area contributed by atoms with Crippen LogP contribution in [0.5, 0.6) is 0 Å². The molecule has 2 heterocycles. The van der Waals surface area contributed by atoms with Crippen LogP contribution in [0.25, 0.3) is 22.5 Å². The van der Waals surface area contributed by atoms with Crippen molar-refractivity contribution in [2.45, 2.75) is 13.8 Å². The van der Waals surface area contributed by atoms with Gasteiger partial charge in [0.25, 0.3) is 0 Å². The normalized spacial score (nSPS) is 11.0. The largest absolute Gasteiger partial charge is 0.337 e. The molecule has 0 saturated carbocycles. The Morgan fingerprint density at radius 1 is 1.18 bits per heavy atom. The number of allylic oxidation sites excluding steroid dienone is 1. The molecule has 0 aliphatic carbocycles. The number of hydrogen-bond donors (Lipinski definition) is 1. The van der Waals surface area contributed by atoms with Crippen molar-refractivity contribution in [1.29, 1.82) is 0 Å². The summed E-state index contributed by atoms with van der Waals surface area (Å²) in [6, 6.07) is 10.8. The number of aromatic nitrogens is 3. The predicted octanol–water partition coefficient (Wildman–Crippen LogP) is 6.27. The number of benzene rings is 2. The first kappa shape index (κ1) is 18.2. The monoisotopic (exact) mass is 392 g/mol. The lowest BCUT2D eigenvalue weighted by atomic mass is 10.1. The van der Waals surface area contributed by atoms with Crippen LogP contribution in [0, 0.1) is 12.7 Å². The van der Waals surface area contributed by atoms with Gasteiger partial charge in [0.15, 0.2) is 11.5 Å². The Morgan fingerprint density at radius 2 is 2.00 bits per heavy atom. The molecule has 0 bridgehead atoms. The van der Waals surface area contributed by atoms with Gasteiger partial charge in [0.05, 0.1) is 16.9 Å². The molecule has 0 saturated heterocycles. The van der Waals surface area contributed by atoms with E-state index in [1.807, 2.05) is 35.6 Å². The zero-order valence-electron chi connectivity index (χ0n) is 15.5.